The summed E-state index contributed by atoms with van der Waals surface area (Å²) in [6.07, 6.45) is 7.72. The third-order valence-electron chi connectivity index (χ3n) is 5.49. The summed E-state index contributed by atoms with van der Waals surface area (Å²) in [5.41, 5.74) is 2.45. The molecule has 0 aromatic heterocycles. The van der Waals surface area contributed by atoms with Gasteiger partial charge in [-0.1, -0.05) is 44.0 Å². The zero-order chi connectivity index (χ0) is 17.8. The van der Waals surface area contributed by atoms with E-state index >= 15 is 0 Å². The summed E-state index contributed by atoms with van der Waals surface area (Å²) in [6.45, 7) is 2.26. The Hall–Kier alpha value is -1.90. The van der Waals surface area contributed by atoms with Crippen molar-refractivity contribution in [3.05, 3.63) is 53.6 Å². The molecule has 0 unspecified atom stereocenters. The predicted octanol–water partition coefficient (Wildman–Crippen LogP) is 6.71. The van der Waals surface area contributed by atoms with E-state index in [1.807, 2.05) is 12.1 Å². The summed E-state index contributed by atoms with van der Waals surface area (Å²) in [5.74, 6) is -0.147. The van der Waals surface area contributed by atoms with E-state index in [4.69, 9.17) is 4.74 Å². The van der Waals surface area contributed by atoms with Crippen molar-refractivity contribution in [3.8, 4) is 16.9 Å². The molecule has 0 heterocycles. The molecule has 0 amide bonds. The zero-order valence-corrected chi connectivity index (χ0v) is 15.0. The van der Waals surface area contributed by atoms with Gasteiger partial charge in [0.25, 0.3) is 0 Å². The van der Waals surface area contributed by atoms with Crippen LogP contribution in [0.15, 0.2) is 36.4 Å². The van der Waals surface area contributed by atoms with Crippen LogP contribution in [0.25, 0.3) is 11.1 Å². The minimum Gasteiger partial charge on any atom is -0.491 e. The third kappa shape index (κ3) is 3.86. The van der Waals surface area contributed by atoms with Crippen molar-refractivity contribution < 1.29 is 13.5 Å². The quantitative estimate of drug-likeness (QED) is 0.585. The third-order valence-corrected chi connectivity index (χ3v) is 5.49. The molecule has 3 heteroatoms. The molecule has 0 spiro atoms. The first kappa shape index (κ1) is 17.9. The summed E-state index contributed by atoms with van der Waals surface area (Å²) in [6, 6.07) is 10.8. The Balaban J connectivity index is 1.75. The van der Waals surface area contributed by atoms with Crippen molar-refractivity contribution >= 4 is 0 Å². The van der Waals surface area contributed by atoms with Crippen LogP contribution in [0.1, 0.15) is 56.9 Å². The highest BCUT2D eigenvalue weighted by atomic mass is 19.1. The van der Waals surface area contributed by atoms with Crippen LogP contribution in [0, 0.1) is 17.6 Å². The predicted molar refractivity (Wildman–Crippen MR) is 98.0 cm³/mol. The fourth-order valence-electron chi connectivity index (χ4n) is 4.07. The van der Waals surface area contributed by atoms with Gasteiger partial charge < -0.3 is 4.74 Å². The first-order valence-electron chi connectivity index (χ1n) is 9.26. The molecule has 0 N–H and O–H groups in total. The van der Waals surface area contributed by atoms with E-state index in [1.165, 1.54) is 63.3 Å². The van der Waals surface area contributed by atoms with E-state index in [0.29, 0.717) is 11.5 Å². The average Bonchev–Trinajstić information content (AvgIpc) is 2.63. The van der Waals surface area contributed by atoms with Gasteiger partial charge in [0.15, 0.2) is 17.4 Å². The Labute approximate surface area is 149 Å². The first-order valence-corrected chi connectivity index (χ1v) is 9.26. The Kier molecular flexibility index (Phi) is 5.72. The first-order chi connectivity index (χ1) is 12.1. The summed E-state index contributed by atoms with van der Waals surface area (Å²) in [4.78, 5) is 0. The van der Waals surface area contributed by atoms with Gasteiger partial charge in [-0.2, -0.15) is 0 Å². The smallest absolute Gasteiger partial charge is 0.191 e. The van der Waals surface area contributed by atoms with Crippen LogP contribution in [-0.2, 0) is 0 Å². The highest BCUT2D eigenvalue weighted by Gasteiger charge is 2.22. The van der Waals surface area contributed by atoms with Gasteiger partial charge in [0.05, 0.1) is 7.11 Å². The van der Waals surface area contributed by atoms with E-state index in [0.717, 1.165) is 11.5 Å². The van der Waals surface area contributed by atoms with Crippen LogP contribution in [0.2, 0.25) is 0 Å². The molecule has 3 rings (SSSR count). The maximum absolute atomic E-state index is 14.4. The summed E-state index contributed by atoms with van der Waals surface area (Å²) >= 11 is 0. The van der Waals surface area contributed by atoms with Crippen LogP contribution in [-0.4, -0.2) is 7.11 Å². The fourth-order valence-corrected chi connectivity index (χ4v) is 4.07. The van der Waals surface area contributed by atoms with Crippen molar-refractivity contribution in [1.82, 2.24) is 0 Å². The lowest BCUT2D eigenvalue weighted by atomic mass is 9.77. The lowest BCUT2D eigenvalue weighted by molar-refractivity contribution is 0.308. The summed E-state index contributed by atoms with van der Waals surface area (Å²) in [5, 5.41) is 0. The van der Waals surface area contributed by atoms with Crippen molar-refractivity contribution in [2.24, 2.45) is 5.92 Å². The van der Waals surface area contributed by atoms with Crippen LogP contribution in [0.5, 0.6) is 5.75 Å². The number of benzene rings is 2. The minimum atomic E-state index is -0.677. The van der Waals surface area contributed by atoms with Crippen molar-refractivity contribution in [2.75, 3.05) is 7.11 Å². The van der Waals surface area contributed by atoms with Crippen molar-refractivity contribution in [1.29, 1.82) is 0 Å². The molecule has 0 aliphatic heterocycles. The molecule has 2 aromatic carbocycles. The highest BCUT2D eigenvalue weighted by molar-refractivity contribution is 5.66. The number of rotatable bonds is 5. The Bertz CT molecular complexity index is 701. The number of methoxy groups -OCH3 is 1. The van der Waals surface area contributed by atoms with Gasteiger partial charge >= 0.3 is 0 Å². The Morgan fingerprint density at radius 1 is 0.960 bits per heavy atom. The molecule has 1 nitrogen and oxygen atoms in total. The van der Waals surface area contributed by atoms with Crippen LogP contribution < -0.4 is 4.74 Å². The molecule has 134 valence electrons. The van der Waals surface area contributed by atoms with E-state index in [2.05, 4.69) is 19.1 Å². The van der Waals surface area contributed by atoms with E-state index in [-0.39, 0.29) is 5.75 Å². The lowest BCUT2D eigenvalue weighted by Gasteiger charge is -2.28. The number of hydrogen-bond acceptors (Lipinski definition) is 1. The fraction of sp³-hybridized carbons (Fsp3) is 0.455. The molecule has 0 saturated heterocycles. The number of halogens is 2. The molecule has 1 saturated carbocycles. The van der Waals surface area contributed by atoms with Gasteiger partial charge in [-0.15, -0.1) is 0 Å². The van der Waals surface area contributed by atoms with Crippen molar-refractivity contribution in [2.45, 2.75) is 51.4 Å². The average molecular weight is 344 g/mol. The normalized spacial score (nSPS) is 20.5. The second-order valence-corrected chi connectivity index (χ2v) is 7.07. The Morgan fingerprint density at radius 2 is 1.64 bits per heavy atom. The van der Waals surface area contributed by atoms with Gasteiger partial charge in [-0.3, -0.25) is 0 Å². The van der Waals surface area contributed by atoms with E-state index in [9.17, 15) is 8.78 Å². The molecule has 1 fully saturated rings. The minimum absolute atomic E-state index is 0.323. The van der Waals surface area contributed by atoms with Gasteiger partial charge in [-0.05, 0) is 60.8 Å². The number of ether oxygens (including phenoxy) is 1. The molecular formula is C22H26F2O. The van der Waals surface area contributed by atoms with Crippen molar-refractivity contribution in [3.63, 3.8) is 0 Å². The maximum atomic E-state index is 14.4. The molecular weight excluding hydrogens is 318 g/mol. The molecule has 25 heavy (non-hydrogen) atoms. The SMILES string of the molecule is CCCC1CCC(c2ccc(-c3ccc(F)c(OC)c3F)cc2)CC1. The molecule has 1 aliphatic rings. The van der Waals surface area contributed by atoms with E-state index in [1.54, 1.807) is 0 Å². The van der Waals surface area contributed by atoms with Gasteiger partial charge in [0, 0.05) is 5.56 Å². The summed E-state index contributed by atoms with van der Waals surface area (Å²) in [7, 11) is 1.28. The largest absolute Gasteiger partial charge is 0.491 e. The van der Waals surface area contributed by atoms with Crippen LogP contribution in [0.3, 0.4) is 0 Å². The molecule has 0 radical (unpaired) electrons. The monoisotopic (exact) mass is 344 g/mol. The van der Waals surface area contributed by atoms with Crippen LogP contribution >= 0.6 is 0 Å². The molecule has 2 aromatic rings. The number of hydrogen-bond donors (Lipinski definition) is 0. The topological polar surface area (TPSA) is 9.23 Å². The maximum Gasteiger partial charge on any atom is 0.191 e. The Morgan fingerprint density at radius 3 is 2.24 bits per heavy atom. The lowest BCUT2D eigenvalue weighted by Crippen LogP contribution is -2.13. The van der Waals surface area contributed by atoms with Crippen LogP contribution in [0.4, 0.5) is 8.78 Å². The van der Waals surface area contributed by atoms with Gasteiger partial charge in [0.2, 0.25) is 0 Å². The highest BCUT2D eigenvalue weighted by Crippen LogP contribution is 2.38. The second-order valence-electron chi connectivity index (χ2n) is 7.07. The standard InChI is InChI=1S/C22H26F2O/c1-3-4-15-5-7-16(8-6-15)17-9-11-18(12-10-17)19-13-14-20(23)22(25-2)21(19)24/h9-16H,3-8H2,1-2H3. The van der Waals surface area contributed by atoms with Gasteiger partial charge in [0.1, 0.15) is 0 Å². The molecule has 1 aliphatic carbocycles. The van der Waals surface area contributed by atoms with E-state index < -0.39 is 11.6 Å². The molecule has 0 atom stereocenters. The zero-order valence-electron chi connectivity index (χ0n) is 15.0. The molecule has 0 bridgehead atoms. The summed E-state index contributed by atoms with van der Waals surface area (Å²) < 4.78 is 32.8. The second kappa shape index (κ2) is 7.99. The van der Waals surface area contributed by atoms with Gasteiger partial charge in [-0.25, -0.2) is 8.78 Å².